The molecule has 388 valence electrons. The predicted octanol–water partition coefficient (Wildman–Crippen LogP) is 17.9. The molecule has 0 bridgehead atoms. The summed E-state index contributed by atoms with van der Waals surface area (Å²) in [6.07, 6.45) is 4.46. The van der Waals surface area contributed by atoms with Gasteiger partial charge in [0.25, 0.3) is 6.71 Å². The van der Waals surface area contributed by atoms with Gasteiger partial charge in [-0.05, 0) is 172 Å². The molecule has 0 radical (unpaired) electrons. The van der Waals surface area contributed by atoms with Gasteiger partial charge in [0.2, 0.25) is 0 Å². The van der Waals surface area contributed by atoms with Gasteiger partial charge in [-0.3, -0.25) is 0 Å². The quantitative estimate of drug-likeness (QED) is 0.147. The van der Waals surface area contributed by atoms with E-state index < -0.39 is 5.41 Å². The molecule has 15 rings (SSSR count). The van der Waals surface area contributed by atoms with Gasteiger partial charge >= 0.3 is 0 Å². The van der Waals surface area contributed by atoms with E-state index in [0.29, 0.717) is 11.8 Å². The Labute approximate surface area is 464 Å². The van der Waals surface area contributed by atoms with Crippen molar-refractivity contribution in [3.8, 4) is 44.9 Å². The summed E-state index contributed by atoms with van der Waals surface area (Å²) in [5.41, 5.74) is 33.0. The molecule has 10 aromatic rings. The lowest BCUT2D eigenvalue weighted by Crippen LogP contribution is -2.61. The fourth-order valence-corrected chi connectivity index (χ4v) is 16.1. The summed E-state index contributed by atoms with van der Waals surface area (Å²) in [6.45, 7) is 33.9. The molecular weight excluding hydrogens is 940 g/mol. The lowest BCUT2D eigenvalue weighted by Gasteiger charge is -2.45. The topological polar surface area (TPSA) is 9.86 Å². The third kappa shape index (κ3) is 6.01. The minimum Gasteiger partial charge on any atom is -0.310 e. The lowest BCUT2D eigenvalue weighted by atomic mass is 9.33. The molecule has 2 nitrogen and oxygen atoms in total. The largest absolute Gasteiger partial charge is 0.310 e. The van der Waals surface area contributed by atoms with Crippen molar-refractivity contribution in [2.24, 2.45) is 0 Å². The van der Waals surface area contributed by atoms with Gasteiger partial charge in [0.05, 0.1) is 16.6 Å². The van der Waals surface area contributed by atoms with Gasteiger partial charge in [-0.1, -0.05) is 218 Å². The van der Waals surface area contributed by atoms with Crippen LogP contribution in [0.4, 0.5) is 0 Å². The third-order valence-electron chi connectivity index (χ3n) is 20.8. The van der Waals surface area contributed by atoms with E-state index in [1.165, 1.54) is 144 Å². The van der Waals surface area contributed by atoms with E-state index >= 15 is 0 Å². The summed E-state index contributed by atoms with van der Waals surface area (Å²) in [5.74, 6) is 0.807. The van der Waals surface area contributed by atoms with Crippen molar-refractivity contribution < 1.29 is 0 Å². The average molecular weight is 1020 g/mol. The van der Waals surface area contributed by atoms with Crippen LogP contribution in [0.25, 0.3) is 77.6 Å². The second kappa shape index (κ2) is 15.7. The SMILES string of the molecule is CCC(C)c1cc2c3c(c1)c1cc(C(C)CC)cc4c1n3-c1c(ccc3c1B2c1cc2c(c5c(-c6ccc(C(C)(C)C)cc6)c(-c6ccc(C(C)(C)C)cc6)n-3c15)C(C)(C)CCC2(C)C)C41c2ccccc2-c2ccccc21. The molecule has 5 heterocycles. The molecule has 3 aliphatic heterocycles. The van der Waals surface area contributed by atoms with Crippen molar-refractivity contribution in [3.05, 3.63) is 195 Å². The number of hydrogen-bond acceptors (Lipinski definition) is 0. The van der Waals surface area contributed by atoms with Crippen molar-refractivity contribution in [3.63, 3.8) is 0 Å². The number of fused-ring (bicyclic) bond motifs is 13. The molecule has 2 unspecified atom stereocenters. The lowest BCUT2D eigenvalue weighted by molar-refractivity contribution is 0.335. The van der Waals surface area contributed by atoms with E-state index in [1.807, 2.05) is 0 Å². The Morgan fingerprint density at radius 2 is 1.05 bits per heavy atom. The Morgan fingerprint density at radius 1 is 0.513 bits per heavy atom. The van der Waals surface area contributed by atoms with Gasteiger partial charge in [0, 0.05) is 44.1 Å². The van der Waals surface area contributed by atoms with Gasteiger partial charge in [-0.25, -0.2) is 0 Å². The Hall–Kier alpha value is -6.84. The third-order valence-corrected chi connectivity index (χ3v) is 20.8. The molecule has 8 aromatic carbocycles. The minimum absolute atomic E-state index is 0.000988. The van der Waals surface area contributed by atoms with E-state index in [-0.39, 0.29) is 28.4 Å². The Balaban J connectivity index is 1.20. The molecular formula is C75H75BN2. The Bertz CT molecular complexity index is 4220. The highest BCUT2D eigenvalue weighted by Gasteiger charge is 2.55. The van der Waals surface area contributed by atoms with Crippen LogP contribution in [-0.4, -0.2) is 15.8 Å². The van der Waals surface area contributed by atoms with Gasteiger partial charge in [-0.15, -0.1) is 0 Å². The van der Waals surface area contributed by atoms with Crippen LogP contribution in [0.3, 0.4) is 0 Å². The summed E-state index contributed by atoms with van der Waals surface area (Å²) in [6, 6.07) is 57.1. The number of benzene rings is 8. The van der Waals surface area contributed by atoms with Gasteiger partial charge in [-0.2, -0.15) is 0 Å². The average Bonchev–Trinajstić information content (AvgIpc) is 2.15. The van der Waals surface area contributed by atoms with Crippen molar-refractivity contribution in [2.45, 2.75) is 162 Å². The standard InChI is InChI=1S/C75H75BN2/c1-15-42(3)46-37-52-53-38-47(43(4)16-2)40-59-68(53)78-67(52)58(39-46)75(54-23-19-17-21-50(54)51-22-18-20-24-55(51)75)56-33-34-61-65(69(56)78)76(59)60-41-57-64(74(13,14)36-35-73(57,11)12)63-62(44-25-29-48(30-26-44)71(5,6)7)66(77(61)70(60)63)45-27-31-49(32-28-45)72(8,9)10/h17-34,37-43H,15-16,35-36H2,1-14H3. The summed E-state index contributed by atoms with van der Waals surface area (Å²) >= 11 is 0. The van der Waals surface area contributed by atoms with Crippen LogP contribution in [0.5, 0.6) is 0 Å². The van der Waals surface area contributed by atoms with Gasteiger partial charge in [0.1, 0.15) is 0 Å². The van der Waals surface area contributed by atoms with E-state index in [9.17, 15) is 0 Å². The summed E-state index contributed by atoms with van der Waals surface area (Å²) in [5, 5.41) is 4.28. The smallest absolute Gasteiger partial charge is 0.252 e. The van der Waals surface area contributed by atoms with Gasteiger partial charge < -0.3 is 9.13 Å². The molecule has 2 atom stereocenters. The van der Waals surface area contributed by atoms with E-state index in [1.54, 1.807) is 5.56 Å². The van der Waals surface area contributed by atoms with E-state index in [0.717, 1.165) is 25.7 Å². The highest BCUT2D eigenvalue weighted by Crippen LogP contribution is 2.63. The summed E-state index contributed by atoms with van der Waals surface area (Å²) < 4.78 is 5.65. The zero-order chi connectivity index (χ0) is 54.1. The molecule has 78 heavy (non-hydrogen) atoms. The fourth-order valence-electron chi connectivity index (χ4n) is 16.1. The number of nitrogens with zero attached hydrogens (tertiary/aromatic N) is 2. The van der Waals surface area contributed by atoms with Gasteiger partial charge in [0.15, 0.2) is 0 Å². The minimum atomic E-state index is -0.537. The molecule has 0 saturated heterocycles. The van der Waals surface area contributed by atoms with E-state index in [4.69, 9.17) is 0 Å². The van der Waals surface area contributed by atoms with Crippen molar-refractivity contribution in [1.29, 1.82) is 0 Å². The summed E-state index contributed by atoms with van der Waals surface area (Å²) in [4.78, 5) is 0. The summed E-state index contributed by atoms with van der Waals surface area (Å²) in [7, 11) is 0. The Morgan fingerprint density at radius 3 is 1.64 bits per heavy atom. The highest BCUT2D eigenvalue weighted by atomic mass is 15.1. The molecule has 3 heteroatoms. The zero-order valence-electron chi connectivity index (χ0n) is 48.7. The monoisotopic (exact) mass is 1010 g/mol. The first kappa shape index (κ1) is 48.3. The van der Waals surface area contributed by atoms with Crippen LogP contribution in [0.1, 0.15) is 190 Å². The number of aromatic nitrogens is 2. The molecule has 2 aliphatic carbocycles. The fraction of sp³-hybridized carbons (Fsp3) is 0.333. The second-order valence-electron chi connectivity index (χ2n) is 28.2. The molecule has 1 spiro atoms. The molecule has 0 amide bonds. The molecule has 0 N–H and O–H groups in total. The number of rotatable bonds is 6. The van der Waals surface area contributed by atoms with Crippen molar-refractivity contribution >= 4 is 55.8 Å². The highest BCUT2D eigenvalue weighted by molar-refractivity contribution is 7.00. The maximum absolute atomic E-state index is 2.83. The second-order valence-corrected chi connectivity index (χ2v) is 28.2. The van der Waals surface area contributed by atoms with Crippen LogP contribution >= 0.6 is 0 Å². The first-order valence-corrected chi connectivity index (χ1v) is 29.7. The van der Waals surface area contributed by atoms with E-state index in [2.05, 4.69) is 246 Å². The van der Waals surface area contributed by atoms with Crippen LogP contribution < -0.4 is 16.4 Å². The molecule has 2 aromatic heterocycles. The maximum Gasteiger partial charge on any atom is 0.252 e. The zero-order valence-corrected chi connectivity index (χ0v) is 48.7. The van der Waals surface area contributed by atoms with Crippen molar-refractivity contribution in [2.75, 3.05) is 0 Å². The van der Waals surface area contributed by atoms with Crippen LogP contribution in [0.2, 0.25) is 0 Å². The molecule has 5 aliphatic rings. The first-order valence-electron chi connectivity index (χ1n) is 29.7. The van der Waals surface area contributed by atoms with Crippen LogP contribution in [-0.2, 0) is 27.1 Å². The van der Waals surface area contributed by atoms with Crippen molar-refractivity contribution in [1.82, 2.24) is 9.13 Å². The maximum atomic E-state index is 2.83. The normalized spacial score (nSPS) is 17.3. The Kier molecular flexibility index (Phi) is 9.73. The molecule has 0 fully saturated rings. The van der Waals surface area contributed by atoms with Crippen LogP contribution in [0, 0.1) is 0 Å². The molecule has 0 saturated carbocycles. The number of hydrogen-bond donors (Lipinski definition) is 0. The van der Waals surface area contributed by atoms with Crippen LogP contribution in [0.15, 0.2) is 140 Å². The predicted molar refractivity (Wildman–Crippen MR) is 334 cm³/mol. The first-order chi connectivity index (χ1) is 37.2.